The van der Waals surface area contributed by atoms with E-state index in [2.05, 4.69) is 4.99 Å². The normalized spacial score (nSPS) is 14.0. The molecule has 2 aromatic rings. The lowest BCUT2D eigenvalue weighted by Gasteiger charge is -2.18. The number of hydrogen-bond acceptors (Lipinski definition) is 3. The minimum atomic E-state index is 0.577. The fraction of sp³-hybridized carbons (Fsp3) is 0.235. The molecule has 21 heavy (non-hydrogen) atoms. The molecular weight excluding hydrogens is 264 g/mol. The molecule has 3 rings (SSSR count). The number of rotatable bonds is 4. The van der Waals surface area contributed by atoms with Crippen molar-refractivity contribution in [3.8, 4) is 11.5 Å². The van der Waals surface area contributed by atoms with Crippen molar-refractivity contribution in [3.05, 3.63) is 59.7 Å². The highest BCUT2D eigenvalue weighted by Gasteiger charge is 2.11. The predicted molar refractivity (Wildman–Crippen MR) is 83.2 cm³/mol. The molecule has 0 unspecified atom stereocenters. The van der Waals surface area contributed by atoms with Crippen molar-refractivity contribution >= 4 is 5.84 Å². The number of nitrogens with two attached hydrogens (primary N) is 1. The second-order valence-electron chi connectivity index (χ2n) is 4.86. The van der Waals surface area contributed by atoms with E-state index in [1.807, 2.05) is 48.5 Å². The summed E-state index contributed by atoms with van der Waals surface area (Å²) in [5.41, 5.74) is 8.10. The van der Waals surface area contributed by atoms with Crippen LogP contribution in [0.25, 0.3) is 0 Å². The SMILES string of the molecule is NC(=NCCc1ccc2c(c1)OCCO2)c1ccccc1. The van der Waals surface area contributed by atoms with Gasteiger partial charge in [-0.2, -0.15) is 0 Å². The van der Waals surface area contributed by atoms with Crippen LogP contribution >= 0.6 is 0 Å². The quantitative estimate of drug-likeness (QED) is 0.692. The van der Waals surface area contributed by atoms with Gasteiger partial charge in [0, 0.05) is 12.1 Å². The van der Waals surface area contributed by atoms with Crippen LogP contribution in [0.2, 0.25) is 0 Å². The molecular formula is C17H18N2O2. The maximum atomic E-state index is 5.98. The van der Waals surface area contributed by atoms with Crippen LogP contribution in [0.15, 0.2) is 53.5 Å². The molecule has 2 aromatic carbocycles. The molecule has 1 heterocycles. The fourth-order valence-electron chi connectivity index (χ4n) is 2.25. The summed E-state index contributed by atoms with van der Waals surface area (Å²) in [5, 5.41) is 0. The number of aliphatic imine (C=N–C) groups is 1. The monoisotopic (exact) mass is 282 g/mol. The predicted octanol–water partition coefficient (Wildman–Crippen LogP) is 2.41. The standard InChI is InChI=1S/C17H18N2O2/c18-17(14-4-2-1-3-5-14)19-9-8-13-6-7-15-16(12-13)21-11-10-20-15/h1-7,12H,8-11H2,(H2,18,19). The Labute approximate surface area is 124 Å². The lowest BCUT2D eigenvalue weighted by Crippen LogP contribution is -2.15. The molecule has 0 saturated heterocycles. The third-order valence-corrected chi connectivity index (χ3v) is 3.36. The zero-order chi connectivity index (χ0) is 14.5. The smallest absolute Gasteiger partial charge is 0.161 e. The first-order valence-electron chi connectivity index (χ1n) is 7.07. The van der Waals surface area contributed by atoms with Crippen molar-refractivity contribution in [1.29, 1.82) is 0 Å². The number of hydrogen-bond donors (Lipinski definition) is 1. The lowest BCUT2D eigenvalue weighted by atomic mass is 10.1. The van der Waals surface area contributed by atoms with E-state index >= 15 is 0 Å². The molecule has 0 bridgehead atoms. The summed E-state index contributed by atoms with van der Waals surface area (Å²) in [6.07, 6.45) is 0.824. The van der Waals surface area contributed by atoms with Gasteiger partial charge in [0.25, 0.3) is 0 Å². The largest absolute Gasteiger partial charge is 0.486 e. The van der Waals surface area contributed by atoms with Crippen LogP contribution in [-0.4, -0.2) is 25.6 Å². The number of ether oxygens (including phenoxy) is 2. The van der Waals surface area contributed by atoms with Gasteiger partial charge in [0.15, 0.2) is 11.5 Å². The van der Waals surface area contributed by atoms with Crippen molar-refractivity contribution in [3.63, 3.8) is 0 Å². The van der Waals surface area contributed by atoms with E-state index in [9.17, 15) is 0 Å². The Morgan fingerprint density at radius 1 is 1.00 bits per heavy atom. The van der Waals surface area contributed by atoms with Gasteiger partial charge in [-0.25, -0.2) is 0 Å². The number of nitrogens with zero attached hydrogens (tertiary/aromatic N) is 1. The van der Waals surface area contributed by atoms with Crippen molar-refractivity contribution in [1.82, 2.24) is 0 Å². The second-order valence-corrected chi connectivity index (χ2v) is 4.86. The minimum Gasteiger partial charge on any atom is -0.486 e. The van der Waals surface area contributed by atoms with Gasteiger partial charge >= 0.3 is 0 Å². The third kappa shape index (κ3) is 3.34. The Balaban J connectivity index is 1.63. The Kier molecular flexibility index (Phi) is 4.05. The summed E-state index contributed by atoms with van der Waals surface area (Å²) in [4.78, 5) is 4.42. The fourth-order valence-corrected chi connectivity index (χ4v) is 2.25. The van der Waals surface area contributed by atoms with Crippen molar-refractivity contribution in [2.24, 2.45) is 10.7 Å². The third-order valence-electron chi connectivity index (χ3n) is 3.36. The molecule has 1 aliphatic heterocycles. The molecule has 0 aliphatic carbocycles. The van der Waals surface area contributed by atoms with Crippen molar-refractivity contribution in [2.75, 3.05) is 19.8 Å². The Hall–Kier alpha value is -2.49. The molecule has 0 aromatic heterocycles. The highest BCUT2D eigenvalue weighted by atomic mass is 16.6. The molecule has 0 radical (unpaired) electrons. The maximum absolute atomic E-state index is 5.98. The van der Waals surface area contributed by atoms with Crippen LogP contribution in [0, 0.1) is 0 Å². The van der Waals surface area contributed by atoms with Crippen LogP contribution < -0.4 is 15.2 Å². The molecule has 0 fully saturated rings. The van der Waals surface area contributed by atoms with Gasteiger partial charge in [0.05, 0.1) is 0 Å². The molecule has 0 amide bonds. The molecule has 4 heteroatoms. The molecule has 0 atom stereocenters. The van der Waals surface area contributed by atoms with E-state index in [1.54, 1.807) is 0 Å². The van der Waals surface area contributed by atoms with Crippen molar-refractivity contribution < 1.29 is 9.47 Å². The molecule has 0 saturated carbocycles. The van der Waals surface area contributed by atoms with E-state index in [0.717, 1.165) is 23.5 Å². The zero-order valence-corrected chi connectivity index (χ0v) is 11.8. The van der Waals surface area contributed by atoms with Gasteiger partial charge in [0.1, 0.15) is 19.0 Å². The Morgan fingerprint density at radius 2 is 1.76 bits per heavy atom. The summed E-state index contributed by atoms with van der Waals surface area (Å²) in [6, 6.07) is 15.8. The number of benzene rings is 2. The van der Waals surface area contributed by atoms with Crippen LogP contribution in [-0.2, 0) is 6.42 Å². The first-order valence-corrected chi connectivity index (χ1v) is 7.07. The molecule has 0 spiro atoms. The molecule has 1 aliphatic rings. The van der Waals surface area contributed by atoms with E-state index in [4.69, 9.17) is 15.2 Å². The topological polar surface area (TPSA) is 56.8 Å². The number of amidine groups is 1. The highest BCUT2D eigenvalue weighted by Crippen LogP contribution is 2.30. The summed E-state index contributed by atoms with van der Waals surface area (Å²) < 4.78 is 11.1. The van der Waals surface area contributed by atoms with Gasteiger partial charge in [-0.05, 0) is 24.1 Å². The van der Waals surface area contributed by atoms with Crippen molar-refractivity contribution in [2.45, 2.75) is 6.42 Å². The lowest BCUT2D eigenvalue weighted by molar-refractivity contribution is 0.171. The van der Waals surface area contributed by atoms with E-state index < -0.39 is 0 Å². The van der Waals surface area contributed by atoms with E-state index in [-0.39, 0.29) is 0 Å². The highest BCUT2D eigenvalue weighted by molar-refractivity contribution is 5.97. The summed E-state index contributed by atoms with van der Waals surface area (Å²) in [6.45, 7) is 1.88. The van der Waals surface area contributed by atoms with Gasteiger partial charge in [0.2, 0.25) is 0 Å². The minimum absolute atomic E-state index is 0.577. The van der Waals surface area contributed by atoms with Crippen LogP contribution in [0.3, 0.4) is 0 Å². The van der Waals surface area contributed by atoms with Gasteiger partial charge in [-0.3, -0.25) is 4.99 Å². The average molecular weight is 282 g/mol. The van der Waals surface area contributed by atoms with E-state index in [0.29, 0.717) is 25.6 Å². The Bertz CT molecular complexity index is 638. The molecule has 2 N–H and O–H groups in total. The average Bonchev–Trinajstić information content (AvgIpc) is 2.55. The molecule has 108 valence electrons. The summed E-state index contributed by atoms with van der Waals surface area (Å²) in [7, 11) is 0. The number of fused-ring (bicyclic) bond motifs is 1. The maximum Gasteiger partial charge on any atom is 0.161 e. The van der Waals surface area contributed by atoms with Gasteiger partial charge < -0.3 is 15.2 Å². The summed E-state index contributed by atoms with van der Waals surface area (Å²) >= 11 is 0. The first-order chi connectivity index (χ1) is 10.3. The second kappa shape index (κ2) is 6.31. The van der Waals surface area contributed by atoms with Crippen LogP contribution in [0.5, 0.6) is 11.5 Å². The van der Waals surface area contributed by atoms with Crippen LogP contribution in [0.1, 0.15) is 11.1 Å². The summed E-state index contributed by atoms with van der Waals surface area (Å²) in [5.74, 6) is 2.21. The van der Waals surface area contributed by atoms with Gasteiger partial charge in [-0.1, -0.05) is 36.4 Å². The Morgan fingerprint density at radius 3 is 2.57 bits per heavy atom. The zero-order valence-electron chi connectivity index (χ0n) is 11.8. The van der Waals surface area contributed by atoms with E-state index in [1.165, 1.54) is 5.56 Å². The van der Waals surface area contributed by atoms with Gasteiger partial charge in [-0.15, -0.1) is 0 Å². The van der Waals surface area contributed by atoms with Crippen LogP contribution in [0.4, 0.5) is 0 Å². The first kappa shape index (κ1) is 13.5. The molecule has 4 nitrogen and oxygen atoms in total.